The van der Waals surface area contributed by atoms with E-state index in [4.69, 9.17) is 10.4 Å². The molecular formula is C15H10BrNO2S. The summed E-state index contributed by atoms with van der Waals surface area (Å²) in [4.78, 5) is 12.6. The lowest BCUT2D eigenvalue weighted by Crippen LogP contribution is -1.99. The second-order valence-electron chi connectivity index (χ2n) is 4.07. The molecule has 0 bridgehead atoms. The molecule has 0 aliphatic heterocycles. The molecule has 0 spiro atoms. The lowest BCUT2D eigenvalue weighted by Gasteiger charge is -2.05. The summed E-state index contributed by atoms with van der Waals surface area (Å²) in [5.41, 5.74) is 1.39. The van der Waals surface area contributed by atoms with Gasteiger partial charge in [0.25, 0.3) is 0 Å². The number of carboxylic acids is 1. The predicted molar refractivity (Wildman–Crippen MR) is 80.8 cm³/mol. The van der Waals surface area contributed by atoms with E-state index in [0.717, 1.165) is 19.8 Å². The molecule has 0 atom stereocenters. The molecule has 0 aromatic heterocycles. The Kier molecular flexibility index (Phi) is 4.83. The van der Waals surface area contributed by atoms with Crippen LogP contribution < -0.4 is 0 Å². The third kappa shape index (κ3) is 3.86. The standard InChI is InChI=1S/C15H10BrNO2S/c16-13-7-11(9-17)3-6-14(13)20-12-4-1-10(2-5-12)8-15(18)19/h1-7H,8H2,(H,18,19). The van der Waals surface area contributed by atoms with Crippen LogP contribution in [0.4, 0.5) is 0 Å². The van der Waals surface area contributed by atoms with Crippen LogP contribution in [0.1, 0.15) is 11.1 Å². The summed E-state index contributed by atoms with van der Waals surface area (Å²) >= 11 is 5.00. The van der Waals surface area contributed by atoms with E-state index in [-0.39, 0.29) is 6.42 Å². The fourth-order valence-electron chi connectivity index (χ4n) is 1.63. The molecule has 0 heterocycles. The molecule has 0 aliphatic rings. The van der Waals surface area contributed by atoms with E-state index in [1.165, 1.54) is 0 Å². The van der Waals surface area contributed by atoms with Gasteiger partial charge < -0.3 is 5.11 Å². The lowest BCUT2D eigenvalue weighted by atomic mass is 10.2. The summed E-state index contributed by atoms with van der Waals surface area (Å²) in [6, 6.07) is 14.9. The smallest absolute Gasteiger partial charge is 0.307 e. The van der Waals surface area contributed by atoms with Crippen molar-refractivity contribution < 1.29 is 9.90 Å². The minimum atomic E-state index is -0.833. The van der Waals surface area contributed by atoms with Gasteiger partial charge in [0.05, 0.1) is 18.1 Å². The molecule has 20 heavy (non-hydrogen) atoms. The molecule has 5 heteroatoms. The Bertz CT molecular complexity index is 677. The van der Waals surface area contributed by atoms with Gasteiger partial charge in [-0.2, -0.15) is 5.26 Å². The average Bonchev–Trinajstić information content (AvgIpc) is 2.42. The van der Waals surface area contributed by atoms with Crippen LogP contribution in [-0.4, -0.2) is 11.1 Å². The Balaban J connectivity index is 2.14. The first-order chi connectivity index (χ1) is 9.58. The molecule has 3 nitrogen and oxygen atoms in total. The number of carboxylic acid groups (broad SMARTS) is 1. The largest absolute Gasteiger partial charge is 0.481 e. The van der Waals surface area contributed by atoms with Crippen LogP contribution >= 0.6 is 27.7 Å². The lowest BCUT2D eigenvalue weighted by molar-refractivity contribution is -0.136. The molecule has 0 unspecified atom stereocenters. The van der Waals surface area contributed by atoms with Gasteiger partial charge in [0, 0.05) is 14.3 Å². The average molecular weight is 348 g/mol. The van der Waals surface area contributed by atoms with E-state index in [1.807, 2.05) is 30.3 Å². The number of nitrogens with zero attached hydrogens (tertiary/aromatic N) is 1. The number of rotatable bonds is 4. The summed E-state index contributed by atoms with van der Waals surface area (Å²) in [7, 11) is 0. The van der Waals surface area contributed by atoms with Crippen LogP contribution in [0.3, 0.4) is 0 Å². The Morgan fingerprint density at radius 3 is 2.50 bits per heavy atom. The number of halogens is 1. The molecule has 2 aromatic carbocycles. The number of hydrogen-bond donors (Lipinski definition) is 1. The molecule has 0 fully saturated rings. The van der Waals surface area contributed by atoms with Gasteiger partial charge in [-0.05, 0) is 51.8 Å². The molecule has 2 rings (SSSR count). The molecule has 0 saturated heterocycles. The molecule has 0 aliphatic carbocycles. The molecule has 0 saturated carbocycles. The third-order valence-corrected chi connectivity index (χ3v) is 4.57. The van der Waals surface area contributed by atoms with Gasteiger partial charge >= 0.3 is 5.97 Å². The first kappa shape index (κ1) is 14.6. The highest BCUT2D eigenvalue weighted by Crippen LogP contribution is 2.34. The van der Waals surface area contributed by atoms with Crippen LogP contribution in [0.2, 0.25) is 0 Å². The first-order valence-electron chi connectivity index (χ1n) is 5.77. The van der Waals surface area contributed by atoms with Gasteiger partial charge in [-0.3, -0.25) is 4.79 Å². The van der Waals surface area contributed by atoms with Crippen LogP contribution in [0, 0.1) is 11.3 Å². The maximum atomic E-state index is 10.6. The van der Waals surface area contributed by atoms with Crippen molar-refractivity contribution in [2.24, 2.45) is 0 Å². The van der Waals surface area contributed by atoms with E-state index >= 15 is 0 Å². The van der Waals surface area contributed by atoms with Crippen molar-refractivity contribution >= 4 is 33.7 Å². The molecular weight excluding hydrogens is 338 g/mol. The number of carbonyl (C=O) groups is 1. The van der Waals surface area contributed by atoms with Crippen molar-refractivity contribution in [3.63, 3.8) is 0 Å². The Labute approximate surface area is 129 Å². The van der Waals surface area contributed by atoms with E-state index in [0.29, 0.717) is 5.56 Å². The predicted octanol–water partition coefficient (Wildman–Crippen LogP) is 4.10. The zero-order valence-corrected chi connectivity index (χ0v) is 12.7. The normalized spacial score (nSPS) is 10.0. The summed E-state index contributed by atoms with van der Waals surface area (Å²) in [5, 5.41) is 17.5. The summed E-state index contributed by atoms with van der Waals surface area (Å²) in [6.45, 7) is 0. The van der Waals surface area contributed by atoms with Gasteiger partial charge in [-0.1, -0.05) is 23.9 Å². The Morgan fingerprint density at radius 2 is 1.95 bits per heavy atom. The van der Waals surface area contributed by atoms with Crippen molar-refractivity contribution in [1.82, 2.24) is 0 Å². The topological polar surface area (TPSA) is 61.1 Å². The summed E-state index contributed by atoms with van der Waals surface area (Å²) in [5.74, 6) is -0.833. The number of nitriles is 1. The van der Waals surface area contributed by atoms with Gasteiger partial charge in [0.15, 0.2) is 0 Å². The highest BCUT2D eigenvalue weighted by molar-refractivity contribution is 9.10. The van der Waals surface area contributed by atoms with Crippen LogP contribution in [0.15, 0.2) is 56.7 Å². The summed E-state index contributed by atoms with van der Waals surface area (Å²) < 4.78 is 0.871. The minimum Gasteiger partial charge on any atom is -0.481 e. The summed E-state index contributed by atoms with van der Waals surface area (Å²) in [6.07, 6.45) is 0.0332. The third-order valence-electron chi connectivity index (χ3n) is 2.57. The number of benzene rings is 2. The second kappa shape index (κ2) is 6.60. The van der Waals surface area contributed by atoms with Crippen molar-refractivity contribution in [3.8, 4) is 6.07 Å². The number of hydrogen-bond acceptors (Lipinski definition) is 3. The zero-order valence-electron chi connectivity index (χ0n) is 10.3. The molecule has 0 amide bonds. The maximum absolute atomic E-state index is 10.6. The van der Waals surface area contributed by atoms with Crippen LogP contribution in [0.5, 0.6) is 0 Å². The Morgan fingerprint density at radius 1 is 1.25 bits per heavy atom. The molecule has 1 N–H and O–H groups in total. The monoisotopic (exact) mass is 347 g/mol. The van der Waals surface area contributed by atoms with Crippen LogP contribution in [-0.2, 0) is 11.2 Å². The fraction of sp³-hybridized carbons (Fsp3) is 0.0667. The van der Waals surface area contributed by atoms with Crippen molar-refractivity contribution in [1.29, 1.82) is 5.26 Å². The first-order valence-corrected chi connectivity index (χ1v) is 7.37. The highest BCUT2D eigenvalue weighted by atomic mass is 79.9. The second-order valence-corrected chi connectivity index (χ2v) is 6.04. The quantitative estimate of drug-likeness (QED) is 0.904. The van der Waals surface area contributed by atoms with Gasteiger partial charge in [-0.15, -0.1) is 0 Å². The minimum absolute atomic E-state index is 0.0332. The van der Waals surface area contributed by atoms with Crippen molar-refractivity contribution in [2.45, 2.75) is 16.2 Å². The molecule has 2 aromatic rings. The van der Waals surface area contributed by atoms with Gasteiger partial charge in [0.2, 0.25) is 0 Å². The fourth-order valence-corrected chi connectivity index (χ4v) is 3.07. The number of aliphatic carboxylic acids is 1. The van der Waals surface area contributed by atoms with Crippen molar-refractivity contribution in [3.05, 3.63) is 58.1 Å². The maximum Gasteiger partial charge on any atom is 0.307 e. The van der Waals surface area contributed by atoms with Gasteiger partial charge in [0.1, 0.15) is 0 Å². The SMILES string of the molecule is N#Cc1ccc(Sc2ccc(CC(=O)O)cc2)c(Br)c1. The Hall–Kier alpha value is -1.77. The highest BCUT2D eigenvalue weighted by Gasteiger charge is 2.05. The van der Waals surface area contributed by atoms with Crippen molar-refractivity contribution in [2.75, 3.05) is 0 Å². The van der Waals surface area contributed by atoms with Crippen LogP contribution in [0.25, 0.3) is 0 Å². The van der Waals surface area contributed by atoms with E-state index in [2.05, 4.69) is 22.0 Å². The molecule has 0 radical (unpaired) electrons. The molecule has 100 valence electrons. The zero-order chi connectivity index (χ0) is 14.5. The van der Waals surface area contributed by atoms with E-state index in [1.54, 1.807) is 23.9 Å². The van der Waals surface area contributed by atoms with Gasteiger partial charge in [-0.25, -0.2) is 0 Å². The van der Waals surface area contributed by atoms with E-state index in [9.17, 15) is 4.79 Å². The van der Waals surface area contributed by atoms with E-state index < -0.39 is 5.97 Å².